The van der Waals surface area contributed by atoms with Crippen LogP contribution in [0.15, 0.2) is 42.3 Å². The quantitative estimate of drug-likeness (QED) is 0.765. The molecule has 0 spiro atoms. The van der Waals surface area contributed by atoms with Crippen LogP contribution in [0.3, 0.4) is 0 Å². The highest BCUT2D eigenvalue weighted by Gasteiger charge is 2.58. The van der Waals surface area contributed by atoms with E-state index in [9.17, 15) is 10.2 Å². The summed E-state index contributed by atoms with van der Waals surface area (Å²) in [6.45, 7) is 2.72. The first-order valence-electron chi connectivity index (χ1n) is 10.7. The van der Waals surface area contributed by atoms with Gasteiger partial charge in [-0.1, -0.05) is 30.7 Å². The third-order valence-corrected chi connectivity index (χ3v) is 8.64. The summed E-state index contributed by atoms with van der Waals surface area (Å²) < 4.78 is 0. The number of aliphatic hydroxyl groups is 2. The topological polar surface area (TPSA) is 53.4 Å². The van der Waals surface area contributed by atoms with Crippen LogP contribution in [0, 0.1) is 28.6 Å². The van der Waals surface area contributed by atoms with Crippen molar-refractivity contribution in [1.29, 1.82) is 0 Å². The Morgan fingerprint density at radius 3 is 2.81 bits per heavy atom. The molecule has 0 amide bonds. The van der Waals surface area contributed by atoms with Crippen molar-refractivity contribution < 1.29 is 10.2 Å². The summed E-state index contributed by atoms with van der Waals surface area (Å²) in [5.41, 5.74) is 4.28. The van der Waals surface area contributed by atoms with Gasteiger partial charge in [0.15, 0.2) is 0 Å². The van der Waals surface area contributed by atoms with Crippen LogP contribution < -0.4 is 0 Å². The van der Waals surface area contributed by atoms with Crippen LogP contribution in [0.5, 0.6) is 0 Å². The average molecular weight is 366 g/mol. The number of allylic oxidation sites excluding steroid dienone is 3. The van der Waals surface area contributed by atoms with Gasteiger partial charge in [0.2, 0.25) is 0 Å². The van der Waals surface area contributed by atoms with Crippen molar-refractivity contribution in [1.82, 2.24) is 4.98 Å². The van der Waals surface area contributed by atoms with Gasteiger partial charge in [0.25, 0.3) is 0 Å². The van der Waals surface area contributed by atoms with E-state index in [1.807, 2.05) is 18.5 Å². The van der Waals surface area contributed by atoms with Gasteiger partial charge in [-0.15, -0.1) is 0 Å². The molecule has 0 bridgehead atoms. The summed E-state index contributed by atoms with van der Waals surface area (Å²) in [5.74, 6) is 1.86. The summed E-state index contributed by atoms with van der Waals surface area (Å²) in [5, 5.41) is 20.7. The average Bonchev–Trinajstić information content (AvgIpc) is 3.05. The van der Waals surface area contributed by atoms with E-state index in [1.165, 1.54) is 29.6 Å². The fourth-order valence-corrected chi connectivity index (χ4v) is 7.27. The van der Waals surface area contributed by atoms with Gasteiger partial charge >= 0.3 is 0 Å². The summed E-state index contributed by atoms with van der Waals surface area (Å²) in [6.07, 6.45) is 15.7. The first-order valence-corrected chi connectivity index (χ1v) is 10.7. The van der Waals surface area contributed by atoms with Crippen molar-refractivity contribution in [2.24, 2.45) is 28.6 Å². The molecule has 3 heteroatoms. The smallest absolute Gasteiger partial charge is 0.0577 e. The van der Waals surface area contributed by atoms with Gasteiger partial charge < -0.3 is 10.2 Å². The molecule has 1 aromatic heterocycles. The van der Waals surface area contributed by atoms with E-state index in [0.29, 0.717) is 17.8 Å². The molecular formula is C24H31NO2. The van der Waals surface area contributed by atoms with E-state index >= 15 is 0 Å². The highest BCUT2D eigenvalue weighted by atomic mass is 16.3. The van der Waals surface area contributed by atoms with Crippen LogP contribution in [-0.2, 0) is 0 Å². The summed E-state index contributed by atoms with van der Waals surface area (Å²) >= 11 is 0. The maximum atomic E-state index is 10.5. The zero-order chi connectivity index (χ0) is 18.6. The molecule has 144 valence electrons. The van der Waals surface area contributed by atoms with E-state index in [0.717, 1.165) is 32.1 Å². The Hall–Kier alpha value is -1.45. The fraction of sp³-hybridized carbons (Fsp3) is 0.625. The lowest BCUT2D eigenvalue weighted by molar-refractivity contribution is -0.0562. The minimum atomic E-state index is -0.216. The van der Waals surface area contributed by atoms with E-state index in [4.69, 9.17) is 0 Å². The molecule has 4 aliphatic carbocycles. The molecule has 3 nitrogen and oxygen atoms in total. The molecule has 2 saturated carbocycles. The molecule has 5 rings (SSSR count). The number of fused-ring (bicyclic) bond motifs is 5. The first-order chi connectivity index (χ1) is 13.1. The normalized spacial score (nSPS) is 43.2. The Kier molecular flexibility index (Phi) is 4.10. The zero-order valence-electron chi connectivity index (χ0n) is 16.3. The van der Waals surface area contributed by atoms with Crippen LogP contribution in [0.25, 0.3) is 5.57 Å². The summed E-state index contributed by atoms with van der Waals surface area (Å²) in [7, 11) is 0. The van der Waals surface area contributed by atoms with Gasteiger partial charge in [0.1, 0.15) is 0 Å². The predicted molar refractivity (Wildman–Crippen MR) is 107 cm³/mol. The van der Waals surface area contributed by atoms with E-state index < -0.39 is 0 Å². The number of aromatic nitrogens is 1. The lowest BCUT2D eigenvalue weighted by Gasteiger charge is -2.58. The van der Waals surface area contributed by atoms with Gasteiger partial charge in [-0.3, -0.25) is 4.98 Å². The van der Waals surface area contributed by atoms with Crippen molar-refractivity contribution in [2.45, 2.75) is 58.0 Å². The third-order valence-electron chi connectivity index (χ3n) is 8.64. The molecule has 1 heterocycles. The molecule has 6 atom stereocenters. The number of hydrogen-bond donors (Lipinski definition) is 2. The van der Waals surface area contributed by atoms with Crippen molar-refractivity contribution in [3.63, 3.8) is 0 Å². The fourth-order valence-electron chi connectivity index (χ4n) is 7.27. The Bertz CT molecular complexity index is 785. The lowest BCUT2D eigenvalue weighted by Crippen LogP contribution is -2.52. The van der Waals surface area contributed by atoms with Gasteiger partial charge in [-0.05, 0) is 85.3 Å². The Labute approximate surface area is 162 Å². The van der Waals surface area contributed by atoms with Gasteiger partial charge in [0, 0.05) is 17.8 Å². The second-order valence-electron chi connectivity index (χ2n) is 9.60. The Morgan fingerprint density at radius 1 is 1.15 bits per heavy atom. The molecule has 4 aliphatic rings. The van der Waals surface area contributed by atoms with E-state index in [-0.39, 0.29) is 23.5 Å². The number of nitrogens with zero attached hydrogens (tertiary/aromatic N) is 1. The van der Waals surface area contributed by atoms with Gasteiger partial charge in [0.05, 0.1) is 12.7 Å². The lowest BCUT2D eigenvalue weighted by atomic mass is 9.47. The van der Waals surface area contributed by atoms with Crippen molar-refractivity contribution >= 4 is 5.57 Å². The van der Waals surface area contributed by atoms with Crippen LogP contribution >= 0.6 is 0 Å². The largest absolute Gasteiger partial charge is 0.395 e. The highest BCUT2D eigenvalue weighted by Crippen LogP contribution is 2.66. The van der Waals surface area contributed by atoms with Gasteiger partial charge in [-0.25, -0.2) is 0 Å². The van der Waals surface area contributed by atoms with Crippen LogP contribution in [-0.4, -0.2) is 27.9 Å². The number of aliphatic hydroxyl groups excluding tert-OH is 2. The predicted octanol–water partition coefficient (Wildman–Crippen LogP) is 4.37. The third kappa shape index (κ3) is 2.44. The molecule has 0 unspecified atom stereocenters. The van der Waals surface area contributed by atoms with Crippen LogP contribution in [0.2, 0.25) is 0 Å². The maximum Gasteiger partial charge on any atom is 0.0577 e. The standard InChI is InChI=1S/C24H31NO2/c1-23-10-9-22-19(5-4-17-13-18(27)8-11-24(17,22)15-26)21(23)7-6-20(23)16-3-2-12-25-14-16/h2-4,6,12,14,18-19,21-22,26-27H,5,7-11,13,15H2,1H3/t18-,19-,21-,22-,23+,24+/m0/s1. The molecule has 2 N–H and O–H groups in total. The monoisotopic (exact) mass is 365 g/mol. The molecule has 2 fully saturated rings. The Balaban J connectivity index is 1.49. The SMILES string of the molecule is C[C@]12CC[C@H]3[C@@H](CC=C4C[C@@H](O)CC[C@@]43CO)[C@@H]1CC=C2c1cccnc1. The van der Waals surface area contributed by atoms with Crippen LogP contribution in [0.4, 0.5) is 0 Å². The van der Waals surface area contributed by atoms with E-state index in [1.54, 1.807) is 0 Å². The molecule has 0 radical (unpaired) electrons. The van der Waals surface area contributed by atoms with E-state index in [2.05, 4.69) is 30.1 Å². The minimum absolute atomic E-state index is 0.0689. The molecule has 0 aliphatic heterocycles. The second kappa shape index (κ2) is 6.28. The highest BCUT2D eigenvalue weighted by molar-refractivity contribution is 5.72. The van der Waals surface area contributed by atoms with Crippen molar-refractivity contribution in [3.8, 4) is 0 Å². The number of rotatable bonds is 2. The second-order valence-corrected chi connectivity index (χ2v) is 9.60. The van der Waals surface area contributed by atoms with Gasteiger partial charge in [-0.2, -0.15) is 0 Å². The molecule has 27 heavy (non-hydrogen) atoms. The molecule has 0 aromatic carbocycles. The Morgan fingerprint density at radius 2 is 2.04 bits per heavy atom. The summed E-state index contributed by atoms with van der Waals surface area (Å²) in [4.78, 5) is 4.36. The molecule has 1 aromatic rings. The van der Waals surface area contributed by atoms with Crippen LogP contribution in [0.1, 0.15) is 57.4 Å². The molecule has 0 saturated heterocycles. The minimum Gasteiger partial charge on any atom is -0.395 e. The zero-order valence-corrected chi connectivity index (χ0v) is 16.3. The van der Waals surface area contributed by atoms with Crippen molar-refractivity contribution in [2.75, 3.05) is 6.61 Å². The number of hydrogen-bond acceptors (Lipinski definition) is 3. The van der Waals surface area contributed by atoms with Crippen molar-refractivity contribution in [3.05, 3.63) is 47.8 Å². The first kappa shape index (κ1) is 17.6. The summed E-state index contributed by atoms with van der Waals surface area (Å²) in [6, 6.07) is 4.25. The number of pyridine rings is 1. The molecular weight excluding hydrogens is 334 g/mol. The maximum absolute atomic E-state index is 10.5.